The molecule has 0 fully saturated rings. The molecule has 0 saturated carbocycles. The molecule has 0 aliphatic carbocycles. The van der Waals surface area contributed by atoms with Crippen LogP contribution < -0.4 is 20.2 Å². The molecule has 0 spiro atoms. The van der Waals surface area contributed by atoms with Gasteiger partial charge in [0.25, 0.3) is 0 Å². The molecule has 0 unspecified atom stereocenters. The lowest BCUT2D eigenvalue weighted by Crippen LogP contribution is -2.24. The molecular formula is C18H17BrFN3O4. The number of ether oxygens (including phenoxy) is 2. The third-order valence-electron chi connectivity index (χ3n) is 3.35. The smallest absolute Gasteiger partial charge is 0.249 e. The van der Waals surface area contributed by atoms with Crippen molar-refractivity contribution in [3.05, 3.63) is 52.3 Å². The molecule has 2 rings (SSSR count). The maximum Gasteiger partial charge on any atom is 0.249 e. The Bertz CT molecular complexity index is 856. The first-order valence-corrected chi connectivity index (χ1v) is 8.51. The first kappa shape index (κ1) is 20.4. The molecule has 0 aliphatic heterocycles. The van der Waals surface area contributed by atoms with E-state index in [4.69, 9.17) is 9.47 Å². The second-order valence-corrected chi connectivity index (χ2v) is 6.11. The van der Waals surface area contributed by atoms with Crippen molar-refractivity contribution in [3.63, 3.8) is 0 Å². The average molecular weight is 438 g/mol. The van der Waals surface area contributed by atoms with Crippen molar-refractivity contribution in [3.8, 4) is 11.5 Å². The Balaban J connectivity index is 1.92. The number of hydrazone groups is 1. The van der Waals surface area contributed by atoms with Crippen LogP contribution in [0.1, 0.15) is 12.0 Å². The van der Waals surface area contributed by atoms with Crippen molar-refractivity contribution < 1.29 is 23.5 Å². The first-order chi connectivity index (χ1) is 12.9. The molecule has 2 aromatic carbocycles. The summed E-state index contributed by atoms with van der Waals surface area (Å²) in [6, 6.07) is 8.60. The van der Waals surface area contributed by atoms with Crippen LogP contribution >= 0.6 is 15.9 Å². The van der Waals surface area contributed by atoms with Gasteiger partial charge < -0.3 is 14.8 Å². The normalized spacial score (nSPS) is 10.5. The van der Waals surface area contributed by atoms with Gasteiger partial charge in [-0.1, -0.05) is 0 Å². The summed E-state index contributed by atoms with van der Waals surface area (Å²) in [6.45, 7) is 0. The van der Waals surface area contributed by atoms with E-state index in [1.807, 2.05) is 0 Å². The minimum Gasteiger partial charge on any atom is -0.496 e. The molecule has 27 heavy (non-hydrogen) atoms. The fraction of sp³-hybridized carbons (Fsp3) is 0.167. The minimum absolute atomic E-state index is 0.394. The van der Waals surface area contributed by atoms with Crippen LogP contribution in [-0.4, -0.2) is 32.2 Å². The number of halogens is 2. The average Bonchev–Trinajstić information content (AvgIpc) is 2.63. The van der Waals surface area contributed by atoms with E-state index in [0.717, 1.165) is 0 Å². The molecule has 0 bridgehead atoms. The molecule has 2 N–H and O–H groups in total. The van der Waals surface area contributed by atoms with Gasteiger partial charge in [-0.25, -0.2) is 9.82 Å². The van der Waals surface area contributed by atoms with Crippen LogP contribution in [0.3, 0.4) is 0 Å². The predicted molar refractivity (Wildman–Crippen MR) is 103 cm³/mol. The number of hydrogen-bond donors (Lipinski definition) is 2. The van der Waals surface area contributed by atoms with Gasteiger partial charge in [-0.2, -0.15) is 5.10 Å². The van der Waals surface area contributed by atoms with E-state index in [1.165, 1.54) is 44.7 Å². The van der Waals surface area contributed by atoms with E-state index in [2.05, 4.69) is 31.8 Å². The van der Waals surface area contributed by atoms with Crippen molar-refractivity contribution in [1.82, 2.24) is 5.43 Å². The van der Waals surface area contributed by atoms with Crippen LogP contribution in [0.25, 0.3) is 0 Å². The van der Waals surface area contributed by atoms with E-state index in [9.17, 15) is 14.0 Å². The molecule has 0 aliphatic rings. The van der Waals surface area contributed by atoms with E-state index >= 15 is 0 Å². The Hall–Kier alpha value is -2.94. The summed E-state index contributed by atoms with van der Waals surface area (Å²) in [6.07, 6.45) is 0.955. The Morgan fingerprint density at radius 1 is 1.11 bits per heavy atom. The number of anilines is 1. The Kier molecular flexibility index (Phi) is 7.30. The molecule has 0 radical (unpaired) electrons. The van der Waals surface area contributed by atoms with Gasteiger partial charge >= 0.3 is 0 Å². The van der Waals surface area contributed by atoms with E-state index < -0.39 is 24.1 Å². The van der Waals surface area contributed by atoms with Gasteiger partial charge in [0.15, 0.2) is 0 Å². The van der Waals surface area contributed by atoms with Crippen LogP contribution in [0, 0.1) is 5.82 Å². The van der Waals surface area contributed by atoms with Gasteiger partial charge in [0.05, 0.1) is 24.9 Å². The number of amides is 2. The fourth-order valence-corrected chi connectivity index (χ4v) is 2.60. The number of carbonyl (C=O) groups excluding carboxylic acids is 2. The Morgan fingerprint density at radius 3 is 2.41 bits per heavy atom. The third-order valence-corrected chi connectivity index (χ3v) is 3.97. The number of methoxy groups -OCH3 is 2. The van der Waals surface area contributed by atoms with E-state index in [1.54, 1.807) is 12.1 Å². The van der Waals surface area contributed by atoms with Crippen LogP contribution in [-0.2, 0) is 9.59 Å². The van der Waals surface area contributed by atoms with Crippen molar-refractivity contribution in [2.24, 2.45) is 5.10 Å². The van der Waals surface area contributed by atoms with Crippen molar-refractivity contribution in [2.45, 2.75) is 6.42 Å². The van der Waals surface area contributed by atoms with Crippen molar-refractivity contribution >= 4 is 39.6 Å². The molecular weight excluding hydrogens is 421 g/mol. The standard InChI is InChI=1S/C18H17BrFN3O4/c1-26-15-8-16(27-2)14(19)7-11(15)10-21-23-18(25)9-17(24)22-13-5-3-12(20)4-6-13/h3-8,10H,9H2,1-2H3,(H,22,24)(H,23,25). The molecule has 9 heteroatoms. The highest BCUT2D eigenvalue weighted by Gasteiger charge is 2.10. The summed E-state index contributed by atoms with van der Waals surface area (Å²) in [5.74, 6) is -0.468. The number of rotatable bonds is 7. The van der Waals surface area contributed by atoms with Gasteiger partial charge in [-0.3, -0.25) is 9.59 Å². The van der Waals surface area contributed by atoms with Gasteiger partial charge in [-0.05, 0) is 46.3 Å². The molecule has 0 heterocycles. The molecule has 7 nitrogen and oxygen atoms in total. The second kappa shape index (κ2) is 9.67. The summed E-state index contributed by atoms with van der Waals surface area (Å²) in [4.78, 5) is 23.6. The fourth-order valence-electron chi connectivity index (χ4n) is 2.08. The van der Waals surface area contributed by atoms with Crippen LogP contribution in [0.2, 0.25) is 0 Å². The predicted octanol–water partition coefficient (Wildman–Crippen LogP) is 3.08. The Labute approximate surface area is 163 Å². The first-order valence-electron chi connectivity index (χ1n) is 7.71. The monoisotopic (exact) mass is 437 g/mol. The van der Waals surface area contributed by atoms with E-state index in [-0.39, 0.29) is 0 Å². The van der Waals surface area contributed by atoms with Gasteiger partial charge in [0, 0.05) is 17.3 Å². The summed E-state index contributed by atoms with van der Waals surface area (Å²) >= 11 is 3.35. The summed E-state index contributed by atoms with van der Waals surface area (Å²) < 4.78 is 23.9. The zero-order valence-electron chi connectivity index (χ0n) is 14.6. The molecule has 0 aromatic heterocycles. The lowest BCUT2D eigenvalue weighted by molar-refractivity contribution is -0.126. The summed E-state index contributed by atoms with van der Waals surface area (Å²) in [5.41, 5.74) is 3.26. The number of benzene rings is 2. The lowest BCUT2D eigenvalue weighted by Gasteiger charge is -2.09. The van der Waals surface area contributed by atoms with Gasteiger partial charge in [-0.15, -0.1) is 0 Å². The molecule has 2 amide bonds. The highest BCUT2D eigenvalue weighted by molar-refractivity contribution is 9.10. The zero-order valence-corrected chi connectivity index (χ0v) is 16.2. The van der Waals surface area contributed by atoms with Gasteiger partial charge in [0.1, 0.15) is 23.7 Å². The SMILES string of the molecule is COc1cc(OC)c(C=NNC(=O)CC(=O)Nc2ccc(F)cc2)cc1Br. The highest BCUT2D eigenvalue weighted by Crippen LogP contribution is 2.31. The van der Waals surface area contributed by atoms with Crippen molar-refractivity contribution in [1.29, 1.82) is 0 Å². The second-order valence-electron chi connectivity index (χ2n) is 5.25. The van der Waals surface area contributed by atoms with E-state index in [0.29, 0.717) is 27.2 Å². The molecule has 142 valence electrons. The van der Waals surface area contributed by atoms with Crippen molar-refractivity contribution in [2.75, 3.05) is 19.5 Å². The summed E-state index contributed by atoms with van der Waals surface area (Å²) in [5, 5.41) is 6.31. The number of carbonyl (C=O) groups is 2. The highest BCUT2D eigenvalue weighted by atomic mass is 79.9. The third kappa shape index (κ3) is 6.07. The topological polar surface area (TPSA) is 89.0 Å². The number of nitrogens with one attached hydrogen (secondary N) is 2. The largest absolute Gasteiger partial charge is 0.496 e. The summed E-state index contributed by atoms with van der Waals surface area (Å²) in [7, 11) is 3.03. The Morgan fingerprint density at radius 2 is 1.78 bits per heavy atom. The number of hydrogen-bond acceptors (Lipinski definition) is 5. The maximum absolute atomic E-state index is 12.8. The van der Waals surface area contributed by atoms with Crippen LogP contribution in [0.4, 0.5) is 10.1 Å². The maximum atomic E-state index is 12.8. The minimum atomic E-state index is -0.600. The van der Waals surface area contributed by atoms with Crippen LogP contribution in [0.15, 0.2) is 46.0 Å². The molecule has 0 saturated heterocycles. The quantitative estimate of drug-likeness (QED) is 0.395. The van der Waals surface area contributed by atoms with Crippen LogP contribution in [0.5, 0.6) is 11.5 Å². The molecule has 2 aromatic rings. The zero-order chi connectivity index (χ0) is 19.8. The number of nitrogens with zero attached hydrogens (tertiary/aromatic N) is 1. The lowest BCUT2D eigenvalue weighted by atomic mass is 10.2. The van der Waals surface area contributed by atoms with Gasteiger partial charge in [0.2, 0.25) is 11.8 Å². The molecule has 0 atom stereocenters.